The molecule has 3 rings (SSSR count). The molecule has 0 aliphatic rings. The largest absolute Gasteiger partial charge is 0.573 e. The molecule has 2 aromatic heterocycles. The monoisotopic (exact) mass is 391 g/mol. The molecule has 2 heterocycles. The van der Waals surface area contributed by atoms with Gasteiger partial charge in [-0.3, -0.25) is 9.78 Å². The van der Waals surface area contributed by atoms with E-state index in [-0.39, 0.29) is 11.4 Å². The number of halogens is 3. The predicted octanol–water partition coefficient (Wildman–Crippen LogP) is 3.27. The third kappa shape index (κ3) is 4.45. The van der Waals surface area contributed by atoms with Gasteiger partial charge in [-0.1, -0.05) is 23.4 Å². The molecule has 0 fully saturated rings. The zero-order valence-corrected chi connectivity index (χ0v) is 14.9. The quantitative estimate of drug-likeness (QED) is 0.722. The number of amides is 1. The summed E-state index contributed by atoms with van der Waals surface area (Å²) in [6.45, 7) is 1.71. The van der Waals surface area contributed by atoms with Crippen LogP contribution >= 0.6 is 0 Å². The van der Waals surface area contributed by atoms with E-state index in [1.165, 1.54) is 28.9 Å². The van der Waals surface area contributed by atoms with Crippen molar-refractivity contribution in [2.45, 2.75) is 19.3 Å². The van der Waals surface area contributed by atoms with Gasteiger partial charge < -0.3 is 10.1 Å². The van der Waals surface area contributed by atoms with Gasteiger partial charge in [0.25, 0.3) is 5.91 Å². The fraction of sp³-hybridized carbons (Fsp3) is 0.222. The molecule has 1 amide bonds. The first-order valence-electron chi connectivity index (χ1n) is 8.22. The zero-order valence-electron chi connectivity index (χ0n) is 14.9. The van der Waals surface area contributed by atoms with Gasteiger partial charge in [-0.2, -0.15) is 0 Å². The topological polar surface area (TPSA) is 81.9 Å². The number of ether oxygens (including phenoxy) is 1. The summed E-state index contributed by atoms with van der Waals surface area (Å²) in [5.74, 6) is -0.765. The van der Waals surface area contributed by atoms with Crippen molar-refractivity contribution in [2.24, 2.45) is 7.05 Å². The van der Waals surface area contributed by atoms with Crippen LogP contribution in [0.4, 0.5) is 13.2 Å². The Morgan fingerprint density at radius 2 is 1.89 bits per heavy atom. The molecule has 0 unspecified atom stereocenters. The number of nitrogens with zero attached hydrogens (tertiary/aromatic N) is 4. The van der Waals surface area contributed by atoms with Crippen molar-refractivity contribution >= 4 is 5.91 Å². The van der Waals surface area contributed by atoms with Crippen LogP contribution in [0.2, 0.25) is 0 Å². The summed E-state index contributed by atoms with van der Waals surface area (Å²) in [6, 6.07) is 10.0. The fourth-order valence-electron chi connectivity index (χ4n) is 2.59. The van der Waals surface area contributed by atoms with Gasteiger partial charge in [-0.05, 0) is 36.8 Å². The molecule has 0 saturated carbocycles. The van der Waals surface area contributed by atoms with E-state index in [1.807, 2.05) is 0 Å². The van der Waals surface area contributed by atoms with Crippen LogP contribution in [-0.4, -0.2) is 32.2 Å². The molecule has 1 N–H and O–H groups in total. The molecule has 0 bridgehead atoms. The summed E-state index contributed by atoms with van der Waals surface area (Å²) in [4.78, 5) is 16.9. The SMILES string of the molecule is C[C@@H](NC(=O)c1c(-c2ccccn2)nnn1C)c1ccc(OC(F)(F)F)cc1. The molecule has 10 heteroatoms. The Kier molecular flexibility index (Phi) is 5.30. The molecule has 28 heavy (non-hydrogen) atoms. The van der Waals surface area contributed by atoms with Crippen molar-refractivity contribution in [3.63, 3.8) is 0 Å². The number of pyridine rings is 1. The van der Waals surface area contributed by atoms with E-state index in [2.05, 4.69) is 25.3 Å². The van der Waals surface area contributed by atoms with Crippen molar-refractivity contribution < 1.29 is 22.7 Å². The van der Waals surface area contributed by atoms with Crippen molar-refractivity contribution in [1.29, 1.82) is 0 Å². The van der Waals surface area contributed by atoms with Crippen LogP contribution in [-0.2, 0) is 7.05 Å². The number of benzene rings is 1. The van der Waals surface area contributed by atoms with E-state index in [0.717, 1.165) is 0 Å². The Labute approximate surface area is 158 Å². The third-order valence-corrected chi connectivity index (χ3v) is 3.91. The minimum atomic E-state index is -4.75. The van der Waals surface area contributed by atoms with E-state index >= 15 is 0 Å². The van der Waals surface area contributed by atoms with Gasteiger partial charge in [0.15, 0.2) is 5.69 Å². The lowest BCUT2D eigenvalue weighted by molar-refractivity contribution is -0.274. The number of aryl methyl sites for hydroxylation is 1. The Morgan fingerprint density at radius 3 is 2.50 bits per heavy atom. The second kappa shape index (κ2) is 7.67. The molecule has 146 valence electrons. The minimum absolute atomic E-state index is 0.225. The number of carbonyl (C=O) groups is 1. The molecule has 7 nitrogen and oxygen atoms in total. The maximum Gasteiger partial charge on any atom is 0.573 e. The highest BCUT2D eigenvalue weighted by molar-refractivity contribution is 5.98. The number of hydrogen-bond donors (Lipinski definition) is 1. The average molecular weight is 391 g/mol. The first kappa shape index (κ1) is 19.3. The average Bonchev–Trinajstić information content (AvgIpc) is 3.03. The molecule has 0 spiro atoms. The number of aromatic nitrogens is 4. The van der Waals surface area contributed by atoms with E-state index in [0.29, 0.717) is 17.0 Å². The standard InChI is InChI=1S/C18H16F3N5O2/c1-11(12-6-8-13(9-7-12)28-18(19,20)21)23-17(27)16-15(24-25-26(16)2)14-5-3-4-10-22-14/h3-11H,1-2H3,(H,23,27)/t11-/m1/s1. The van der Waals surface area contributed by atoms with Crippen LogP contribution in [0.15, 0.2) is 48.7 Å². The van der Waals surface area contributed by atoms with Gasteiger partial charge in [-0.25, -0.2) is 4.68 Å². The first-order chi connectivity index (χ1) is 13.2. The van der Waals surface area contributed by atoms with Gasteiger partial charge in [0.1, 0.15) is 11.4 Å². The summed E-state index contributed by atoms with van der Waals surface area (Å²) in [5, 5.41) is 10.7. The maximum atomic E-state index is 12.7. The number of carbonyl (C=O) groups excluding carboxylic acids is 1. The highest BCUT2D eigenvalue weighted by Crippen LogP contribution is 2.25. The van der Waals surface area contributed by atoms with Crippen LogP contribution in [0, 0.1) is 0 Å². The van der Waals surface area contributed by atoms with Crippen LogP contribution in [0.5, 0.6) is 5.75 Å². The van der Waals surface area contributed by atoms with Crippen LogP contribution in [0.3, 0.4) is 0 Å². The van der Waals surface area contributed by atoms with E-state index in [9.17, 15) is 18.0 Å². The highest BCUT2D eigenvalue weighted by atomic mass is 19.4. The van der Waals surface area contributed by atoms with Crippen LogP contribution in [0.25, 0.3) is 11.4 Å². The van der Waals surface area contributed by atoms with Crippen LogP contribution in [0.1, 0.15) is 29.0 Å². The smallest absolute Gasteiger partial charge is 0.406 e. The number of rotatable bonds is 5. The molecular formula is C18H16F3N5O2. The highest BCUT2D eigenvalue weighted by Gasteiger charge is 2.31. The number of nitrogens with one attached hydrogen (secondary N) is 1. The van der Waals surface area contributed by atoms with Crippen molar-refractivity contribution in [2.75, 3.05) is 0 Å². The Balaban J connectivity index is 1.76. The lowest BCUT2D eigenvalue weighted by Gasteiger charge is -2.16. The summed E-state index contributed by atoms with van der Waals surface area (Å²) >= 11 is 0. The summed E-state index contributed by atoms with van der Waals surface area (Å²) in [7, 11) is 1.59. The lowest BCUT2D eigenvalue weighted by Crippen LogP contribution is -2.29. The second-order valence-electron chi connectivity index (χ2n) is 5.94. The molecule has 1 aromatic carbocycles. The van der Waals surface area contributed by atoms with E-state index < -0.39 is 18.3 Å². The van der Waals surface area contributed by atoms with Crippen molar-refractivity contribution in [3.8, 4) is 17.1 Å². The summed E-state index contributed by atoms with van der Waals surface area (Å²) in [5.41, 5.74) is 1.67. The van der Waals surface area contributed by atoms with E-state index in [1.54, 1.807) is 38.4 Å². The van der Waals surface area contributed by atoms with Gasteiger partial charge >= 0.3 is 6.36 Å². The molecule has 0 radical (unpaired) electrons. The molecule has 1 atom stereocenters. The second-order valence-corrected chi connectivity index (χ2v) is 5.94. The first-order valence-corrected chi connectivity index (χ1v) is 8.22. The summed E-state index contributed by atoms with van der Waals surface area (Å²) in [6.07, 6.45) is -3.17. The molecule has 0 saturated heterocycles. The minimum Gasteiger partial charge on any atom is -0.406 e. The molecule has 3 aromatic rings. The molecule has 0 aliphatic heterocycles. The number of hydrogen-bond acceptors (Lipinski definition) is 5. The van der Waals surface area contributed by atoms with Crippen molar-refractivity contribution in [3.05, 3.63) is 59.9 Å². The van der Waals surface area contributed by atoms with E-state index in [4.69, 9.17) is 0 Å². The number of alkyl halides is 3. The third-order valence-electron chi connectivity index (χ3n) is 3.91. The lowest BCUT2D eigenvalue weighted by atomic mass is 10.1. The van der Waals surface area contributed by atoms with Gasteiger partial charge in [0.05, 0.1) is 11.7 Å². The van der Waals surface area contributed by atoms with Gasteiger partial charge in [-0.15, -0.1) is 18.3 Å². The van der Waals surface area contributed by atoms with Gasteiger partial charge in [0, 0.05) is 13.2 Å². The van der Waals surface area contributed by atoms with Crippen LogP contribution < -0.4 is 10.1 Å². The Morgan fingerprint density at radius 1 is 1.18 bits per heavy atom. The molecule has 0 aliphatic carbocycles. The predicted molar refractivity (Wildman–Crippen MR) is 93.2 cm³/mol. The normalized spacial score (nSPS) is 12.5. The Bertz CT molecular complexity index is 956. The summed E-state index contributed by atoms with van der Waals surface area (Å²) < 4.78 is 41.9. The zero-order chi connectivity index (χ0) is 20.3. The fourth-order valence-corrected chi connectivity index (χ4v) is 2.59. The molecular weight excluding hydrogens is 375 g/mol. The Hall–Kier alpha value is -3.43. The maximum absolute atomic E-state index is 12.7. The van der Waals surface area contributed by atoms with Gasteiger partial charge in [0.2, 0.25) is 0 Å². The van der Waals surface area contributed by atoms with Crippen molar-refractivity contribution in [1.82, 2.24) is 25.3 Å².